The van der Waals surface area contributed by atoms with Gasteiger partial charge in [-0.3, -0.25) is 0 Å². The molecule has 0 heterocycles. The maximum Gasteiger partial charge on any atom is 0.242 e. The SMILES string of the molecule is CN(C)S(=O)(=O)c1ccc(NC2CCCC2)c(Br)c1. The zero-order valence-electron chi connectivity index (χ0n) is 11.2. The molecule has 1 aromatic carbocycles. The van der Waals surface area contributed by atoms with E-state index in [4.69, 9.17) is 0 Å². The molecule has 19 heavy (non-hydrogen) atoms. The summed E-state index contributed by atoms with van der Waals surface area (Å²) in [5, 5.41) is 3.46. The molecule has 0 bridgehead atoms. The Kier molecular flexibility index (Phi) is 4.53. The molecular weight excluding hydrogens is 328 g/mol. The van der Waals surface area contributed by atoms with Gasteiger partial charge >= 0.3 is 0 Å². The van der Waals surface area contributed by atoms with Crippen LogP contribution < -0.4 is 5.32 Å². The molecule has 1 aliphatic rings. The molecule has 0 amide bonds. The fourth-order valence-electron chi connectivity index (χ4n) is 2.27. The Morgan fingerprint density at radius 1 is 1.26 bits per heavy atom. The first-order valence-electron chi connectivity index (χ1n) is 6.40. The van der Waals surface area contributed by atoms with Gasteiger partial charge in [0.05, 0.1) is 4.90 Å². The third-order valence-electron chi connectivity index (χ3n) is 3.43. The van der Waals surface area contributed by atoms with Crippen LogP contribution in [0.25, 0.3) is 0 Å². The molecule has 6 heteroatoms. The molecule has 0 spiro atoms. The van der Waals surface area contributed by atoms with Crippen molar-refractivity contribution in [3.8, 4) is 0 Å². The lowest BCUT2D eigenvalue weighted by Gasteiger charge is -2.17. The first-order valence-corrected chi connectivity index (χ1v) is 8.63. The monoisotopic (exact) mass is 346 g/mol. The largest absolute Gasteiger partial charge is 0.381 e. The highest BCUT2D eigenvalue weighted by molar-refractivity contribution is 9.10. The molecule has 0 aromatic heterocycles. The number of nitrogens with one attached hydrogen (secondary N) is 1. The van der Waals surface area contributed by atoms with E-state index in [0.29, 0.717) is 10.9 Å². The average molecular weight is 347 g/mol. The normalized spacial score (nSPS) is 17.1. The smallest absolute Gasteiger partial charge is 0.242 e. The van der Waals surface area contributed by atoms with Crippen LogP contribution in [0.1, 0.15) is 25.7 Å². The number of nitrogens with zero attached hydrogens (tertiary/aromatic N) is 1. The first kappa shape index (κ1) is 14.8. The van der Waals surface area contributed by atoms with Crippen LogP contribution in [0.15, 0.2) is 27.6 Å². The lowest BCUT2D eigenvalue weighted by molar-refractivity contribution is 0.520. The second kappa shape index (κ2) is 5.81. The van der Waals surface area contributed by atoms with Crippen molar-refractivity contribution in [2.24, 2.45) is 0 Å². The third-order valence-corrected chi connectivity index (χ3v) is 5.90. The van der Waals surface area contributed by atoms with Gasteiger partial charge in [0.2, 0.25) is 10.0 Å². The average Bonchev–Trinajstić information content (AvgIpc) is 2.84. The summed E-state index contributed by atoms with van der Waals surface area (Å²) < 4.78 is 26.1. The minimum absolute atomic E-state index is 0.307. The molecule has 0 radical (unpaired) electrons. The van der Waals surface area contributed by atoms with E-state index in [0.717, 1.165) is 10.2 Å². The number of halogens is 1. The summed E-state index contributed by atoms with van der Waals surface area (Å²) in [6.07, 6.45) is 4.90. The van der Waals surface area contributed by atoms with E-state index in [2.05, 4.69) is 21.2 Å². The van der Waals surface area contributed by atoms with Crippen molar-refractivity contribution < 1.29 is 8.42 Å². The predicted octanol–water partition coefficient (Wildman–Crippen LogP) is 3.05. The summed E-state index contributed by atoms with van der Waals surface area (Å²) in [4.78, 5) is 0.307. The highest BCUT2D eigenvalue weighted by Crippen LogP contribution is 2.30. The van der Waals surface area contributed by atoms with E-state index >= 15 is 0 Å². The Balaban J connectivity index is 2.22. The minimum atomic E-state index is -3.37. The highest BCUT2D eigenvalue weighted by atomic mass is 79.9. The molecular formula is C13H19BrN2O2S. The maximum absolute atomic E-state index is 12.0. The van der Waals surface area contributed by atoms with Gasteiger partial charge in [-0.15, -0.1) is 0 Å². The standard InChI is InChI=1S/C13H19BrN2O2S/c1-16(2)19(17,18)11-7-8-13(12(14)9-11)15-10-5-3-4-6-10/h7-10,15H,3-6H2,1-2H3. The zero-order valence-corrected chi connectivity index (χ0v) is 13.6. The minimum Gasteiger partial charge on any atom is -0.381 e. The number of hydrogen-bond donors (Lipinski definition) is 1. The Hall–Kier alpha value is -0.590. The molecule has 1 aliphatic carbocycles. The van der Waals surface area contributed by atoms with E-state index in [-0.39, 0.29) is 0 Å². The molecule has 1 fully saturated rings. The number of anilines is 1. The van der Waals surface area contributed by atoms with Crippen molar-refractivity contribution in [1.29, 1.82) is 0 Å². The molecule has 2 rings (SSSR count). The van der Waals surface area contributed by atoms with E-state index in [1.165, 1.54) is 44.1 Å². The van der Waals surface area contributed by atoms with Gasteiger partial charge in [-0.05, 0) is 47.0 Å². The van der Waals surface area contributed by atoms with Crippen LogP contribution in [0.2, 0.25) is 0 Å². The molecule has 0 saturated heterocycles. The summed E-state index contributed by atoms with van der Waals surface area (Å²) in [7, 11) is -0.297. The summed E-state index contributed by atoms with van der Waals surface area (Å²) in [6, 6.07) is 5.65. The van der Waals surface area contributed by atoms with E-state index < -0.39 is 10.0 Å². The number of benzene rings is 1. The summed E-state index contributed by atoms with van der Waals surface area (Å²) in [5.74, 6) is 0. The molecule has 1 aromatic rings. The molecule has 0 unspecified atom stereocenters. The van der Waals surface area contributed by atoms with Crippen LogP contribution in [0.5, 0.6) is 0 Å². The van der Waals surface area contributed by atoms with Gasteiger partial charge in [0.15, 0.2) is 0 Å². The first-order chi connectivity index (χ1) is 8.91. The van der Waals surface area contributed by atoms with Crippen molar-refractivity contribution in [3.63, 3.8) is 0 Å². The lowest BCUT2D eigenvalue weighted by Crippen LogP contribution is -2.22. The van der Waals surface area contributed by atoms with Gasteiger partial charge in [0.1, 0.15) is 0 Å². The Bertz CT molecular complexity index is 552. The van der Waals surface area contributed by atoms with Crippen LogP contribution in [0, 0.1) is 0 Å². The zero-order chi connectivity index (χ0) is 14.0. The topological polar surface area (TPSA) is 49.4 Å². The van der Waals surface area contributed by atoms with E-state index in [1.54, 1.807) is 12.1 Å². The van der Waals surface area contributed by atoms with Crippen LogP contribution >= 0.6 is 15.9 Å². The Morgan fingerprint density at radius 3 is 2.42 bits per heavy atom. The van der Waals surface area contributed by atoms with Gasteiger partial charge in [0, 0.05) is 30.3 Å². The van der Waals surface area contributed by atoms with E-state index in [9.17, 15) is 8.42 Å². The molecule has 1 N–H and O–H groups in total. The van der Waals surface area contributed by atoms with Crippen LogP contribution in [-0.2, 0) is 10.0 Å². The summed E-state index contributed by atoms with van der Waals surface area (Å²) in [5.41, 5.74) is 0.963. The quantitative estimate of drug-likeness (QED) is 0.911. The second-order valence-corrected chi connectivity index (χ2v) is 8.06. The van der Waals surface area contributed by atoms with Crippen LogP contribution in [0.3, 0.4) is 0 Å². The van der Waals surface area contributed by atoms with Crippen molar-refractivity contribution in [3.05, 3.63) is 22.7 Å². The molecule has 1 saturated carbocycles. The summed E-state index contributed by atoms with van der Waals surface area (Å²) in [6.45, 7) is 0. The van der Waals surface area contributed by atoms with Crippen molar-refractivity contribution in [2.45, 2.75) is 36.6 Å². The number of rotatable bonds is 4. The Morgan fingerprint density at radius 2 is 1.89 bits per heavy atom. The van der Waals surface area contributed by atoms with Crippen molar-refractivity contribution >= 4 is 31.6 Å². The second-order valence-electron chi connectivity index (χ2n) is 5.05. The molecule has 0 atom stereocenters. The van der Waals surface area contributed by atoms with Gasteiger partial charge in [-0.2, -0.15) is 0 Å². The van der Waals surface area contributed by atoms with Gasteiger partial charge in [-0.1, -0.05) is 12.8 Å². The molecule has 106 valence electrons. The van der Waals surface area contributed by atoms with Gasteiger partial charge < -0.3 is 5.32 Å². The van der Waals surface area contributed by atoms with Crippen molar-refractivity contribution in [1.82, 2.24) is 4.31 Å². The molecule has 0 aliphatic heterocycles. The van der Waals surface area contributed by atoms with Gasteiger partial charge in [0.25, 0.3) is 0 Å². The van der Waals surface area contributed by atoms with Crippen LogP contribution in [-0.4, -0.2) is 32.9 Å². The fourth-order valence-corrected chi connectivity index (χ4v) is 3.85. The maximum atomic E-state index is 12.0. The lowest BCUT2D eigenvalue weighted by atomic mass is 10.2. The highest BCUT2D eigenvalue weighted by Gasteiger charge is 2.20. The number of sulfonamides is 1. The number of hydrogen-bond acceptors (Lipinski definition) is 3. The fraction of sp³-hybridized carbons (Fsp3) is 0.538. The van der Waals surface area contributed by atoms with Crippen molar-refractivity contribution in [2.75, 3.05) is 19.4 Å². The van der Waals surface area contributed by atoms with Crippen LogP contribution in [0.4, 0.5) is 5.69 Å². The van der Waals surface area contributed by atoms with E-state index in [1.807, 2.05) is 6.07 Å². The predicted molar refractivity (Wildman–Crippen MR) is 80.9 cm³/mol. The van der Waals surface area contributed by atoms with Gasteiger partial charge in [-0.25, -0.2) is 12.7 Å². The molecule has 4 nitrogen and oxygen atoms in total. The summed E-state index contributed by atoms with van der Waals surface area (Å²) >= 11 is 3.45. The Labute approximate surface area is 123 Å². The third kappa shape index (κ3) is 3.30.